The first kappa shape index (κ1) is 14.0. The van der Waals surface area contributed by atoms with Crippen LogP contribution in [-0.2, 0) is 0 Å². The summed E-state index contributed by atoms with van der Waals surface area (Å²) in [6.45, 7) is 1.81. The average molecular weight is 338 g/mol. The molecule has 0 heterocycles. The van der Waals surface area contributed by atoms with Gasteiger partial charge >= 0.3 is 5.97 Å². The third-order valence-electron chi connectivity index (χ3n) is 2.62. The molecule has 0 aliphatic carbocycles. The summed E-state index contributed by atoms with van der Waals surface area (Å²) in [6.07, 6.45) is 0. The quantitative estimate of drug-likeness (QED) is 0.824. The van der Waals surface area contributed by atoms with Gasteiger partial charge in [0, 0.05) is 20.0 Å². The van der Waals surface area contributed by atoms with Crippen molar-refractivity contribution in [2.24, 2.45) is 0 Å². The summed E-state index contributed by atoms with van der Waals surface area (Å²) in [5.74, 6) is -1.00. The monoisotopic (exact) mass is 337 g/mol. The molecule has 0 fully saturated rings. The fourth-order valence-corrected chi connectivity index (χ4v) is 3.24. The highest BCUT2D eigenvalue weighted by Crippen LogP contribution is 2.32. The second-order valence-electron chi connectivity index (χ2n) is 4.07. The van der Waals surface area contributed by atoms with Crippen molar-refractivity contribution in [2.75, 3.05) is 5.73 Å². The Morgan fingerprint density at radius 3 is 2.63 bits per heavy atom. The highest BCUT2D eigenvalue weighted by molar-refractivity contribution is 9.10. The van der Waals surface area contributed by atoms with Crippen molar-refractivity contribution in [1.29, 1.82) is 0 Å². The van der Waals surface area contributed by atoms with E-state index in [1.54, 1.807) is 6.07 Å². The number of anilines is 1. The summed E-state index contributed by atoms with van der Waals surface area (Å²) in [5.41, 5.74) is 7.02. The molecule has 2 aromatic rings. The fraction of sp³-hybridized carbons (Fsp3) is 0.0714. The largest absolute Gasteiger partial charge is 0.478 e. The number of rotatable bonds is 3. The Morgan fingerprint density at radius 1 is 1.26 bits per heavy atom. The number of carboxylic acids is 1. The van der Waals surface area contributed by atoms with E-state index in [2.05, 4.69) is 15.9 Å². The first-order chi connectivity index (χ1) is 8.97. The number of hydrogen-bond donors (Lipinski definition) is 2. The van der Waals surface area contributed by atoms with E-state index in [0.717, 1.165) is 19.8 Å². The lowest BCUT2D eigenvalue weighted by molar-refractivity contribution is 0.0697. The van der Waals surface area contributed by atoms with Crippen LogP contribution in [0.2, 0.25) is 0 Å². The maximum atomic E-state index is 11.1. The minimum Gasteiger partial charge on any atom is -0.478 e. The van der Waals surface area contributed by atoms with E-state index in [-0.39, 0.29) is 5.56 Å². The second kappa shape index (κ2) is 5.67. The molecular weight excluding hydrogens is 326 g/mol. The molecule has 0 saturated heterocycles. The molecule has 0 aliphatic rings. The van der Waals surface area contributed by atoms with Crippen LogP contribution in [0.3, 0.4) is 0 Å². The summed E-state index contributed by atoms with van der Waals surface area (Å²) in [7, 11) is 0. The highest BCUT2D eigenvalue weighted by atomic mass is 79.9. The molecule has 2 rings (SSSR count). The lowest BCUT2D eigenvalue weighted by atomic mass is 10.1. The van der Waals surface area contributed by atoms with Crippen LogP contribution in [0.1, 0.15) is 15.9 Å². The molecule has 98 valence electrons. The maximum Gasteiger partial charge on any atom is 0.337 e. The van der Waals surface area contributed by atoms with Gasteiger partial charge in [-0.25, -0.2) is 4.79 Å². The van der Waals surface area contributed by atoms with Crippen molar-refractivity contribution in [3.8, 4) is 0 Å². The van der Waals surface area contributed by atoms with Gasteiger partial charge < -0.3 is 10.8 Å². The molecule has 3 N–H and O–H groups in total. The van der Waals surface area contributed by atoms with Crippen LogP contribution in [0.15, 0.2) is 50.7 Å². The molecule has 0 radical (unpaired) electrons. The number of benzene rings is 2. The van der Waals surface area contributed by atoms with Gasteiger partial charge in [-0.1, -0.05) is 33.8 Å². The standard InChI is InChI=1S/C14H12BrNO2S/c1-8-5-11(7-12(13(8)16)14(17)18)19-10-4-2-3-9(15)6-10/h2-7H,16H2,1H3,(H,17,18). The van der Waals surface area contributed by atoms with E-state index in [0.29, 0.717) is 5.69 Å². The zero-order valence-electron chi connectivity index (χ0n) is 10.2. The lowest BCUT2D eigenvalue weighted by Crippen LogP contribution is -2.04. The highest BCUT2D eigenvalue weighted by Gasteiger charge is 2.12. The zero-order chi connectivity index (χ0) is 14.0. The molecule has 0 aliphatic heterocycles. The van der Waals surface area contributed by atoms with Crippen LogP contribution in [0.4, 0.5) is 5.69 Å². The predicted octanol–water partition coefficient (Wildman–Crippen LogP) is 4.19. The Labute approximate surface area is 124 Å². The number of halogens is 1. The number of hydrogen-bond acceptors (Lipinski definition) is 3. The molecule has 0 amide bonds. The third-order valence-corrected chi connectivity index (χ3v) is 4.08. The van der Waals surface area contributed by atoms with Gasteiger partial charge in [0.2, 0.25) is 0 Å². The Balaban J connectivity index is 2.38. The van der Waals surface area contributed by atoms with Gasteiger partial charge in [-0.15, -0.1) is 0 Å². The predicted molar refractivity (Wildman–Crippen MR) is 80.8 cm³/mol. The molecule has 3 nitrogen and oxygen atoms in total. The molecule has 19 heavy (non-hydrogen) atoms. The Kier molecular flexibility index (Phi) is 4.17. The molecule has 0 atom stereocenters. The topological polar surface area (TPSA) is 63.3 Å². The Bertz CT molecular complexity index is 643. The van der Waals surface area contributed by atoms with Gasteiger partial charge in [-0.05, 0) is 42.8 Å². The minimum absolute atomic E-state index is 0.150. The summed E-state index contributed by atoms with van der Waals surface area (Å²) < 4.78 is 0.989. The van der Waals surface area contributed by atoms with Crippen molar-refractivity contribution >= 4 is 39.3 Å². The number of nitrogens with two attached hydrogens (primary N) is 1. The van der Waals surface area contributed by atoms with Crippen LogP contribution in [0, 0.1) is 6.92 Å². The molecule has 0 unspecified atom stereocenters. The number of carboxylic acid groups (broad SMARTS) is 1. The number of aromatic carboxylic acids is 1. The van der Waals surface area contributed by atoms with E-state index in [1.165, 1.54) is 11.8 Å². The number of carbonyl (C=O) groups is 1. The van der Waals surface area contributed by atoms with Gasteiger partial charge in [0.15, 0.2) is 0 Å². The van der Waals surface area contributed by atoms with Crippen molar-refractivity contribution in [2.45, 2.75) is 16.7 Å². The maximum absolute atomic E-state index is 11.1. The smallest absolute Gasteiger partial charge is 0.337 e. The molecule has 2 aromatic carbocycles. The van der Waals surface area contributed by atoms with Crippen LogP contribution in [0.5, 0.6) is 0 Å². The fourth-order valence-electron chi connectivity index (χ4n) is 1.67. The van der Waals surface area contributed by atoms with Crippen LogP contribution < -0.4 is 5.73 Å². The summed E-state index contributed by atoms with van der Waals surface area (Å²) >= 11 is 4.92. The van der Waals surface area contributed by atoms with Gasteiger partial charge in [0.1, 0.15) is 0 Å². The van der Waals surface area contributed by atoms with Gasteiger partial charge in [0.25, 0.3) is 0 Å². The summed E-state index contributed by atoms with van der Waals surface area (Å²) in [4.78, 5) is 13.0. The van der Waals surface area contributed by atoms with Gasteiger partial charge in [-0.3, -0.25) is 0 Å². The summed E-state index contributed by atoms with van der Waals surface area (Å²) in [6, 6.07) is 11.3. The summed E-state index contributed by atoms with van der Waals surface area (Å²) in [5, 5.41) is 9.13. The molecule has 0 aromatic heterocycles. The molecular formula is C14H12BrNO2S. The molecule has 0 bridgehead atoms. The number of aryl methyl sites for hydroxylation is 1. The normalized spacial score (nSPS) is 10.4. The zero-order valence-corrected chi connectivity index (χ0v) is 12.6. The first-order valence-corrected chi connectivity index (χ1v) is 7.15. The third kappa shape index (κ3) is 3.30. The Morgan fingerprint density at radius 2 is 2.00 bits per heavy atom. The van der Waals surface area contributed by atoms with Crippen molar-refractivity contribution in [1.82, 2.24) is 0 Å². The van der Waals surface area contributed by atoms with E-state index >= 15 is 0 Å². The van der Waals surface area contributed by atoms with Gasteiger partial charge in [0.05, 0.1) is 5.56 Å². The van der Waals surface area contributed by atoms with E-state index in [1.807, 2.05) is 37.3 Å². The van der Waals surface area contributed by atoms with E-state index < -0.39 is 5.97 Å². The van der Waals surface area contributed by atoms with Gasteiger partial charge in [-0.2, -0.15) is 0 Å². The van der Waals surface area contributed by atoms with Crippen LogP contribution in [0.25, 0.3) is 0 Å². The average Bonchev–Trinajstić information content (AvgIpc) is 2.33. The first-order valence-electron chi connectivity index (χ1n) is 5.54. The van der Waals surface area contributed by atoms with Crippen molar-refractivity contribution in [3.05, 3.63) is 52.0 Å². The molecule has 5 heteroatoms. The van der Waals surface area contributed by atoms with E-state index in [9.17, 15) is 4.79 Å². The minimum atomic E-state index is -1.00. The van der Waals surface area contributed by atoms with Crippen LogP contribution >= 0.6 is 27.7 Å². The van der Waals surface area contributed by atoms with E-state index in [4.69, 9.17) is 10.8 Å². The lowest BCUT2D eigenvalue weighted by Gasteiger charge is -2.09. The van der Waals surface area contributed by atoms with Crippen molar-refractivity contribution < 1.29 is 9.90 Å². The molecule has 0 spiro atoms. The number of nitrogen functional groups attached to an aromatic ring is 1. The second-order valence-corrected chi connectivity index (χ2v) is 6.13. The van der Waals surface area contributed by atoms with Crippen LogP contribution in [-0.4, -0.2) is 11.1 Å². The Hall–Kier alpha value is -1.46. The van der Waals surface area contributed by atoms with Crippen molar-refractivity contribution in [3.63, 3.8) is 0 Å². The SMILES string of the molecule is Cc1cc(Sc2cccc(Br)c2)cc(C(=O)O)c1N. The molecule has 0 saturated carbocycles.